The molecule has 4 heteroatoms. The molecule has 4 rings (SSSR count). The SMILES string of the molecule is COc1ccc2[nH]c(C3CCN(C(=O)c4ccc(C)c(C)c4)CC3)cc2c1. The number of ether oxygens (including phenoxy) is 1. The number of methoxy groups -OCH3 is 1. The van der Waals surface area contributed by atoms with Gasteiger partial charge in [-0.25, -0.2) is 0 Å². The third-order valence-electron chi connectivity index (χ3n) is 5.82. The summed E-state index contributed by atoms with van der Waals surface area (Å²) in [6.07, 6.45) is 1.97. The first-order valence-corrected chi connectivity index (χ1v) is 9.58. The number of aromatic amines is 1. The topological polar surface area (TPSA) is 45.3 Å². The zero-order chi connectivity index (χ0) is 19.0. The zero-order valence-corrected chi connectivity index (χ0v) is 16.2. The fraction of sp³-hybridized carbons (Fsp3) is 0.348. The molecule has 1 saturated heterocycles. The number of amides is 1. The summed E-state index contributed by atoms with van der Waals surface area (Å²) in [6, 6.07) is 14.3. The molecule has 4 nitrogen and oxygen atoms in total. The molecule has 1 amide bonds. The number of rotatable bonds is 3. The van der Waals surface area contributed by atoms with Crippen LogP contribution >= 0.6 is 0 Å². The highest BCUT2D eigenvalue weighted by molar-refractivity contribution is 5.94. The van der Waals surface area contributed by atoms with Crippen molar-refractivity contribution >= 4 is 16.8 Å². The van der Waals surface area contributed by atoms with Crippen molar-refractivity contribution in [2.24, 2.45) is 0 Å². The molecule has 1 aliphatic heterocycles. The van der Waals surface area contributed by atoms with Crippen LogP contribution in [0.5, 0.6) is 5.75 Å². The summed E-state index contributed by atoms with van der Waals surface area (Å²) in [7, 11) is 1.69. The van der Waals surface area contributed by atoms with Gasteiger partial charge in [0, 0.05) is 41.2 Å². The van der Waals surface area contributed by atoms with Gasteiger partial charge in [0.05, 0.1) is 7.11 Å². The predicted molar refractivity (Wildman–Crippen MR) is 109 cm³/mol. The van der Waals surface area contributed by atoms with E-state index in [0.717, 1.165) is 42.8 Å². The summed E-state index contributed by atoms with van der Waals surface area (Å²) in [5, 5.41) is 1.18. The second kappa shape index (κ2) is 7.10. The van der Waals surface area contributed by atoms with Crippen LogP contribution < -0.4 is 4.74 Å². The van der Waals surface area contributed by atoms with E-state index in [1.807, 2.05) is 29.2 Å². The highest BCUT2D eigenvalue weighted by Crippen LogP contribution is 2.31. The Labute approximate surface area is 160 Å². The summed E-state index contributed by atoms with van der Waals surface area (Å²) in [6.45, 7) is 5.73. The number of aromatic nitrogens is 1. The van der Waals surface area contributed by atoms with E-state index in [0.29, 0.717) is 5.92 Å². The molecule has 0 bridgehead atoms. The van der Waals surface area contributed by atoms with Gasteiger partial charge < -0.3 is 14.6 Å². The summed E-state index contributed by atoms with van der Waals surface area (Å²) in [4.78, 5) is 18.4. The number of nitrogens with one attached hydrogen (secondary N) is 1. The Bertz CT molecular complexity index is 981. The van der Waals surface area contributed by atoms with Crippen molar-refractivity contribution in [1.82, 2.24) is 9.88 Å². The highest BCUT2D eigenvalue weighted by Gasteiger charge is 2.25. The number of carbonyl (C=O) groups excluding carboxylic acids is 1. The molecule has 1 N–H and O–H groups in total. The number of hydrogen-bond acceptors (Lipinski definition) is 2. The minimum atomic E-state index is 0.151. The Hall–Kier alpha value is -2.75. The molecule has 1 aromatic heterocycles. The van der Waals surface area contributed by atoms with Crippen molar-refractivity contribution < 1.29 is 9.53 Å². The molecule has 27 heavy (non-hydrogen) atoms. The van der Waals surface area contributed by atoms with Gasteiger partial charge in [-0.1, -0.05) is 6.07 Å². The lowest BCUT2D eigenvalue weighted by molar-refractivity contribution is 0.0712. The van der Waals surface area contributed by atoms with Crippen molar-refractivity contribution in [1.29, 1.82) is 0 Å². The summed E-state index contributed by atoms with van der Waals surface area (Å²) < 4.78 is 5.32. The van der Waals surface area contributed by atoms with Crippen LogP contribution in [-0.4, -0.2) is 36.0 Å². The van der Waals surface area contributed by atoms with E-state index in [1.165, 1.54) is 22.2 Å². The third-order valence-corrected chi connectivity index (χ3v) is 5.82. The fourth-order valence-electron chi connectivity index (χ4n) is 3.93. The number of hydrogen-bond donors (Lipinski definition) is 1. The van der Waals surface area contributed by atoms with Gasteiger partial charge in [0.2, 0.25) is 0 Å². The first-order chi connectivity index (χ1) is 13.0. The van der Waals surface area contributed by atoms with Gasteiger partial charge in [-0.15, -0.1) is 0 Å². The number of nitrogens with zero attached hydrogens (tertiary/aromatic N) is 1. The molecule has 0 atom stereocenters. The van der Waals surface area contributed by atoms with E-state index in [4.69, 9.17) is 4.74 Å². The standard InChI is InChI=1S/C23H26N2O2/c1-15-4-5-18(12-16(15)2)23(26)25-10-8-17(9-11-25)22-14-19-13-20(27-3)6-7-21(19)24-22/h4-7,12-14,17,24H,8-11H2,1-3H3. The van der Waals surface area contributed by atoms with Gasteiger partial charge in [0.1, 0.15) is 5.75 Å². The summed E-state index contributed by atoms with van der Waals surface area (Å²) >= 11 is 0. The van der Waals surface area contributed by atoms with Crippen molar-refractivity contribution in [2.75, 3.05) is 20.2 Å². The van der Waals surface area contributed by atoms with Crippen molar-refractivity contribution in [3.63, 3.8) is 0 Å². The number of aryl methyl sites for hydroxylation is 2. The number of piperidine rings is 1. The number of benzene rings is 2. The zero-order valence-electron chi connectivity index (χ0n) is 16.2. The fourth-order valence-corrected chi connectivity index (χ4v) is 3.93. The van der Waals surface area contributed by atoms with Crippen LogP contribution in [0.3, 0.4) is 0 Å². The van der Waals surface area contributed by atoms with Gasteiger partial charge in [-0.2, -0.15) is 0 Å². The minimum Gasteiger partial charge on any atom is -0.497 e. The number of H-pyrrole nitrogens is 1. The smallest absolute Gasteiger partial charge is 0.253 e. The lowest BCUT2D eigenvalue weighted by Gasteiger charge is -2.31. The van der Waals surface area contributed by atoms with Crippen molar-refractivity contribution in [2.45, 2.75) is 32.6 Å². The second-order valence-corrected chi connectivity index (χ2v) is 7.54. The van der Waals surface area contributed by atoms with Gasteiger partial charge in [0.15, 0.2) is 0 Å². The molecule has 0 aliphatic carbocycles. The maximum Gasteiger partial charge on any atom is 0.253 e. The van der Waals surface area contributed by atoms with Crippen LogP contribution in [0.4, 0.5) is 0 Å². The molecule has 0 spiro atoms. The summed E-state index contributed by atoms with van der Waals surface area (Å²) in [5.41, 5.74) is 5.59. The predicted octanol–water partition coefficient (Wildman–Crippen LogP) is 4.81. The monoisotopic (exact) mass is 362 g/mol. The van der Waals surface area contributed by atoms with E-state index in [-0.39, 0.29) is 5.91 Å². The van der Waals surface area contributed by atoms with Crippen LogP contribution in [-0.2, 0) is 0 Å². The lowest BCUT2D eigenvalue weighted by Crippen LogP contribution is -2.38. The first kappa shape index (κ1) is 17.7. The van der Waals surface area contributed by atoms with E-state index >= 15 is 0 Å². The highest BCUT2D eigenvalue weighted by atomic mass is 16.5. The molecular weight excluding hydrogens is 336 g/mol. The molecule has 1 aliphatic rings. The largest absolute Gasteiger partial charge is 0.497 e. The molecule has 1 fully saturated rings. The van der Waals surface area contributed by atoms with Crippen LogP contribution in [0.15, 0.2) is 42.5 Å². The van der Waals surface area contributed by atoms with Gasteiger partial charge in [-0.3, -0.25) is 4.79 Å². The third kappa shape index (κ3) is 3.44. The van der Waals surface area contributed by atoms with E-state index in [9.17, 15) is 4.79 Å². The second-order valence-electron chi connectivity index (χ2n) is 7.54. The first-order valence-electron chi connectivity index (χ1n) is 9.58. The van der Waals surface area contributed by atoms with Crippen LogP contribution in [0, 0.1) is 13.8 Å². The molecule has 3 aromatic rings. The maximum atomic E-state index is 12.8. The minimum absolute atomic E-state index is 0.151. The molecular formula is C23H26N2O2. The molecule has 0 unspecified atom stereocenters. The number of likely N-dealkylation sites (tertiary alicyclic amines) is 1. The Morgan fingerprint density at radius 1 is 1.04 bits per heavy atom. The average Bonchev–Trinajstić information content (AvgIpc) is 3.13. The Balaban J connectivity index is 1.45. The average molecular weight is 362 g/mol. The van der Waals surface area contributed by atoms with Crippen molar-refractivity contribution in [3.8, 4) is 5.75 Å². The maximum absolute atomic E-state index is 12.8. The molecule has 0 saturated carbocycles. The Kier molecular flexibility index (Phi) is 4.65. The van der Waals surface area contributed by atoms with Crippen LogP contribution in [0.1, 0.15) is 45.9 Å². The van der Waals surface area contributed by atoms with Crippen LogP contribution in [0.2, 0.25) is 0 Å². The molecule has 140 valence electrons. The van der Waals surface area contributed by atoms with Gasteiger partial charge in [0.25, 0.3) is 5.91 Å². The van der Waals surface area contributed by atoms with Crippen molar-refractivity contribution in [3.05, 3.63) is 64.8 Å². The van der Waals surface area contributed by atoms with Crippen LogP contribution in [0.25, 0.3) is 10.9 Å². The summed E-state index contributed by atoms with van der Waals surface area (Å²) in [5.74, 6) is 1.49. The number of carbonyl (C=O) groups is 1. The van der Waals surface area contributed by atoms with E-state index in [1.54, 1.807) is 7.11 Å². The van der Waals surface area contributed by atoms with Gasteiger partial charge >= 0.3 is 0 Å². The normalized spacial score (nSPS) is 15.3. The Morgan fingerprint density at radius 2 is 1.81 bits per heavy atom. The lowest BCUT2D eigenvalue weighted by atomic mass is 9.93. The van der Waals surface area contributed by atoms with E-state index < -0.39 is 0 Å². The van der Waals surface area contributed by atoms with Gasteiger partial charge in [-0.05, 0) is 74.2 Å². The molecule has 2 aromatic carbocycles. The number of fused-ring (bicyclic) bond motifs is 1. The Morgan fingerprint density at radius 3 is 2.52 bits per heavy atom. The quantitative estimate of drug-likeness (QED) is 0.726. The van der Waals surface area contributed by atoms with E-state index in [2.05, 4.69) is 37.0 Å². The molecule has 0 radical (unpaired) electrons. The molecule has 2 heterocycles.